The zero-order valence-electron chi connectivity index (χ0n) is 13.1. The summed E-state index contributed by atoms with van der Waals surface area (Å²) in [7, 11) is 3.76. The molecule has 0 aliphatic heterocycles. The molecule has 1 heterocycles. The van der Waals surface area contributed by atoms with Crippen LogP contribution in [0.5, 0.6) is 5.75 Å². The SMILES string of the molecule is CCNC(C)c1cnc(N(C)Cc2ccc(OC)cc2)s1. The van der Waals surface area contributed by atoms with Gasteiger partial charge in [0.25, 0.3) is 0 Å². The van der Waals surface area contributed by atoms with Crippen molar-refractivity contribution in [2.24, 2.45) is 0 Å². The Morgan fingerprint density at radius 3 is 2.67 bits per heavy atom. The fourth-order valence-corrected chi connectivity index (χ4v) is 3.03. The van der Waals surface area contributed by atoms with Crippen molar-refractivity contribution in [3.63, 3.8) is 0 Å². The number of benzene rings is 1. The van der Waals surface area contributed by atoms with E-state index >= 15 is 0 Å². The van der Waals surface area contributed by atoms with E-state index in [9.17, 15) is 0 Å². The largest absolute Gasteiger partial charge is 0.497 e. The highest BCUT2D eigenvalue weighted by molar-refractivity contribution is 7.15. The van der Waals surface area contributed by atoms with Gasteiger partial charge in [0.1, 0.15) is 5.75 Å². The van der Waals surface area contributed by atoms with E-state index in [1.54, 1.807) is 18.4 Å². The minimum Gasteiger partial charge on any atom is -0.497 e. The van der Waals surface area contributed by atoms with Crippen LogP contribution in [-0.4, -0.2) is 25.7 Å². The standard InChI is InChI=1S/C16H23N3OS/c1-5-17-12(2)15-10-18-16(21-15)19(3)11-13-6-8-14(20-4)9-7-13/h6-10,12,17H,5,11H2,1-4H3. The molecule has 1 N–H and O–H groups in total. The van der Waals surface area contributed by atoms with Crippen molar-refractivity contribution in [2.75, 3.05) is 25.6 Å². The second-order valence-electron chi connectivity index (χ2n) is 5.03. The molecule has 0 aliphatic rings. The lowest BCUT2D eigenvalue weighted by atomic mass is 10.2. The quantitative estimate of drug-likeness (QED) is 0.850. The Labute approximate surface area is 130 Å². The Morgan fingerprint density at radius 1 is 1.33 bits per heavy atom. The van der Waals surface area contributed by atoms with Gasteiger partial charge in [-0.1, -0.05) is 19.1 Å². The summed E-state index contributed by atoms with van der Waals surface area (Å²) in [5, 5.41) is 4.46. The zero-order valence-corrected chi connectivity index (χ0v) is 13.9. The highest BCUT2D eigenvalue weighted by Crippen LogP contribution is 2.27. The number of nitrogens with zero attached hydrogens (tertiary/aromatic N) is 2. The van der Waals surface area contributed by atoms with Gasteiger partial charge in [-0.15, -0.1) is 11.3 Å². The van der Waals surface area contributed by atoms with Crippen LogP contribution in [0.4, 0.5) is 5.13 Å². The summed E-state index contributed by atoms with van der Waals surface area (Å²) in [5.74, 6) is 0.886. The molecular weight excluding hydrogens is 282 g/mol. The lowest BCUT2D eigenvalue weighted by Gasteiger charge is -2.16. The monoisotopic (exact) mass is 305 g/mol. The first-order valence-electron chi connectivity index (χ1n) is 7.17. The number of nitrogens with one attached hydrogen (secondary N) is 1. The first-order valence-corrected chi connectivity index (χ1v) is 7.98. The normalized spacial score (nSPS) is 12.2. The van der Waals surface area contributed by atoms with Crippen LogP contribution in [-0.2, 0) is 6.54 Å². The van der Waals surface area contributed by atoms with Crippen molar-refractivity contribution in [1.82, 2.24) is 10.3 Å². The Bertz CT molecular complexity index is 553. The molecule has 114 valence electrons. The second-order valence-corrected chi connectivity index (χ2v) is 6.07. The third-order valence-corrected chi connectivity index (χ3v) is 4.65. The minimum atomic E-state index is 0.357. The Hall–Kier alpha value is -1.59. The lowest BCUT2D eigenvalue weighted by molar-refractivity contribution is 0.414. The number of anilines is 1. The molecule has 5 heteroatoms. The molecule has 2 rings (SSSR count). The van der Waals surface area contributed by atoms with Gasteiger partial charge in [-0.2, -0.15) is 0 Å². The molecule has 1 unspecified atom stereocenters. The third kappa shape index (κ3) is 4.19. The fraction of sp³-hybridized carbons (Fsp3) is 0.438. The van der Waals surface area contributed by atoms with E-state index in [2.05, 4.69) is 48.2 Å². The van der Waals surface area contributed by atoms with E-state index < -0.39 is 0 Å². The van der Waals surface area contributed by atoms with Crippen LogP contribution in [0.25, 0.3) is 0 Å². The Kier molecular flexibility index (Phi) is 5.59. The van der Waals surface area contributed by atoms with Crippen molar-refractivity contribution in [3.8, 4) is 5.75 Å². The average Bonchev–Trinajstić information content (AvgIpc) is 2.98. The van der Waals surface area contributed by atoms with Crippen LogP contribution in [0, 0.1) is 0 Å². The van der Waals surface area contributed by atoms with Crippen molar-refractivity contribution < 1.29 is 4.74 Å². The van der Waals surface area contributed by atoms with Gasteiger partial charge in [-0.25, -0.2) is 4.98 Å². The summed E-state index contributed by atoms with van der Waals surface area (Å²) < 4.78 is 5.18. The molecule has 21 heavy (non-hydrogen) atoms. The molecule has 0 saturated carbocycles. The smallest absolute Gasteiger partial charge is 0.185 e. The van der Waals surface area contributed by atoms with Crippen molar-refractivity contribution in [1.29, 1.82) is 0 Å². The molecular formula is C16H23N3OS. The van der Waals surface area contributed by atoms with E-state index in [1.807, 2.05) is 18.3 Å². The number of aromatic nitrogens is 1. The first kappa shape index (κ1) is 15.8. The first-order chi connectivity index (χ1) is 10.1. The topological polar surface area (TPSA) is 37.4 Å². The van der Waals surface area contributed by atoms with Crippen LogP contribution < -0.4 is 15.0 Å². The van der Waals surface area contributed by atoms with E-state index in [0.717, 1.165) is 24.0 Å². The summed E-state index contributed by atoms with van der Waals surface area (Å²) >= 11 is 1.74. The molecule has 0 saturated heterocycles. The van der Waals surface area contributed by atoms with Gasteiger partial charge in [0.2, 0.25) is 0 Å². The molecule has 0 aliphatic carbocycles. The maximum atomic E-state index is 5.18. The molecule has 1 aromatic heterocycles. The van der Waals surface area contributed by atoms with Gasteiger partial charge < -0.3 is 15.0 Å². The molecule has 1 aromatic carbocycles. The third-order valence-electron chi connectivity index (χ3n) is 3.35. The zero-order chi connectivity index (χ0) is 15.2. The van der Waals surface area contributed by atoms with Crippen LogP contribution in [0.3, 0.4) is 0 Å². The summed E-state index contributed by atoms with van der Waals surface area (Å²) in [6.07, 6.45) is 1.97. The number of hydrogen-bond acceptors (Lipinski definition) is 5. The number of thiazole rings is 1. The molecule has 0 spiro atoms. The van der Waals surface area contributed by atoms with Gasteiger partial charge >= 0.3 is 0 Å². The molecule has 0 fully saturated rings. The van der Waals surface area contributed by atoms with Crippen LogP contribution in [0.1, 0.15) is 30.3 Å². The summed E-state index contributed by atoms with van der Waals surface area (Å²) in [6.45, 7) is 6.10. The fourth-order valence-electron chi connectivity index (χ4n) is 2.13. The molecule has 2 aromatic rings. The van der Waals surface area contributed by atoms with E-state index in [0.29, 0.717) is 6.04 Å². The number of hydrogen-bond donors (Lipinski definition) is 1. The molecule has 1 atom stereocenters. The highest BCUT2D eigenvalue weighted by atomic mass is 32.1. The highest BCUT2D eigenvalue weighted by Gasteiger charge is 2.11. The summed E-state index contributed by atoms with van der Waals surface area (Å²) in [5.41, 5.74) is 1.25. The average molecular weight is 305 g/mol. The lowest BCUT2D eigenvalue weighted by Crippen LogP contribution is -2.16. The summed E-state index contributed by atoms with van der Waals surface area (Å²) in [4.78, 5) is 7.98. The predicted octanol–water partition coefficient (Wildman–Crippen LogP) is 3.46. The van der Waals surface area contributed by atoms with Gasteiger partial charge in [-0.3, -0.25) is 0 Å². The van der Waals surface area contributed by atoms with E-state index in [4.69, 9.17) is 4.74 Å². The molecule has 4 nitrogen and oxygen atoms in total. The second kappa shape index (κ2) is 7.43. The molecule has 0 bridgehead atoms. The number of ether oxygens (including phenoxy) is 1. The van der Waals surface area contributed by atoms with E-state index in [1.165, 1.54) is 10.4 Å². The van der Waals surface area contributed by atoms with Gasteiger partial charge in [0.05, 0.1) is 7.11 Å². The van der Waals surface area contributed by atoms with Gasteiger partial charge in [0, 0.05) is 30.7 Å². The van der Waals surface area contributed by atoms with Crippen molar-refractivity contribution >= 4 is 16.5 Å². The Balaban J connectivity index is 2.00. The predicted molar refractivity (Wildman–Crippen MR) is 89.3 cm³/mol. The van der Waals surface area contributed by atoms with Crippen molar-refractivity contribution in [2.45, 2.75) is 26.4 Å². The maximum Gasteiger partial charge on any atom is 0.185 e. The van der Waals surface area contributed by atoms with Crippen LogP contribution in [0.2, 0.25) is 0 Å². The maximum absolute atomic E-state index is 5.18. The summed E-state index contributed by atoms with van der Waals surface area (Å²) in [6, 6.07) is 8.51. The van der Waals surface area contributed by atoms with Crippen LogP contribution in [0.15, 0.2) is 30.5 Å². The van der Waals surface area contributed by atoms with Gasteiger partial charge in [0.15, 0.2) is 5.13 Å². The number of methoxy groups -OCH3 is 1. The molecule has 0 amide bonds. The van der Waals surface area contributed by atoms with Gasteiger partial charge in [-0.05, 0) is 31.2 Å². The molecule has 0 radical (unpaired) electrons. The number of rotatable bonds is 7. The van der Waals surface area contributed by atoms with Crippen LogP contribution >= 0.6 is 11.3 Å². The minimum absolute atomic E-state index is 0.357. The van der Waals surface area contributed by atoms with Crippen molar-refractivity contribution in [3.05, 3.63) is 40.9 Å². The Morgan fingerprint density at radius 2 is 2.05 bits per heavy atom. The van der Waals surface area contributed by atoms with E-state index in [-0.39, 0.29) is 0 Å².